The van der Waals surface area contributed by atoms with Gasteiger partial charge in [-0.25, -0.2) is 0 Å². The highest BCUT2D eigenvalue weighted by Crippen LogP contribution is 2.44. The molecular weight excluding hydrogens is 264 g/mol. The second-order valence-electron chi connectivity index (χ2n) is 6.60. The van der Waals surface area contributed by atoms with Crippen LogP contribution in [0.25, 0.3) is 10.9 Å². The summed E-state index contributed by atoms with van der Waals surface area (Å²) in [5.74, 6) is -0.577. The number of benzene rings is 1. The van der Waals surface area contributed by atoms with E-state index in [0.29, 0.717) is 18.5 Å². The summed E-state index contributed by atoms with van der Waals surface area (Å²) in [4.78, 5) is 13.7. The van der Waals surface area contributed by atoms with Crippen molar-refractivity contribution < 1.29 is 9.90 Å². The van der Waals surface area contributed by atoms with Crippen LogP contribution >= 0.6 is 0 Å². The van der Waals surface area contributed by atoms with Crippen molar-refractivity contribution in [3.8, 4) is 0 Å². The van der Waals surface area contributed by atoms with Crippen molar-refractivity contribution in [1.29, 1.82) is 0 Å². The monoisotopic (exact) mass is 284 g/mol. The first kappa shape index (κ1) is 12.9. The molecule has 2 aliphatic rings. The normalized spacial score (nSPS) is 28.6. The number of carboxylic acids is 1. The minimum atomic E-state index is -0.661. The molecule has 4 nitrogen and oxygen atoms in total. The van der Waals surface area contributed by atoms with Gasteiger partial charge in [-0.05, 0) is 37.1 Å². The molecule has 2 unspecified atom stereocenters. The number of carboxylic acid groups (broad SMARTS) is 1. The Morgan fingerprint density at radius 1 is 1.33 bits per heavy atom. The molecule has 0 spiro atoms. The van der Waals surface area contributed by atoms with Crippen molar-refractivity contribution in [3.05, 3.63) is 35.5 Å². The highest BCUT2D eigenvalue weighted by atomic mass is 16.4. The summed E-state index contributed by atoms with van der Waals surface area (Å²) < 4.78 is 2.19. The molecule has 110 valence electrons. The zero-order chi connectivity index (χ0) is 14.7. The van der Waals surface area contributed by atoms with Crippen molar-refractivity contribution in [1.82, 2.24) is 9.47 Å². The number of carbonyl (C=O) groups is 1. The SMILES string of the molecule is CN1CC(C(=O)O)CC2c3cccc4c3c(cn4C)C[C@H]21. The van der Waals surface area contributed by atoms with E-state index in [4.69, 9.17) is 0 Å². The third kappa shape index (κ3) is 1.75. The van der Waals surface area contributed by atoms with E-state index in [-0.39, 0.29) is 5.92 Å². The summed E-state index contributed by atoms with van der Waals surface area (Å²) in [5, 5.41) is 10.8. The van der Waals surface area contributed by atoms with Crippen molar-refractivity contribution in [2.24, 2.45) is 13.0 Å². The van der Waals surface area contributed by atoms with Crippen LogP contribution in [-0.4, -0.2) is 40.2 Å². The highest BCUT2D eigenvalue weighted by Gasteiger charge is 2.41. The number of aromatic nitrogens is 1. The molecule has 1 aliphatic carbocycles. The molecule has 1 aromatic heterocycles. The van der Waals surface area contributed by atoms with Crippen LogP contribution in [0, 0.1) is 5.92 Å². The summed E-state index contributed by atoms with van der Waals surface area (Å²) in [7, 11) is 4.16. The van der Waals surface area contributed by atoms with Crippen LogP contribution in [0.2, 0.25) is 0 Å². The second kappa shape index (κ2) is 4.34. The number of nitrogens with zero attached hydrogens (tertiary/aromatic N) is 2. The first-order valence-corrected chi connectivity index (χ1v) is 7.56. The molecular formula is C17H20N2O2. The van der Waals surface area contributed by atoms with Crippen LogP contribution in [-0.2, 0) is 18.3 Å². The van der Waals surface area contributed by atoms with E-state index < -0.39 is 5.97 Å². The fraction of sp³-hybridized carbons (Fsp3) is 0.471. The minimum absolute atomic E-state index is 0.253. The molecule has 0 bridgehead atoms. The zero-order valence-electron chi connectivity index (χ0n) is 12.4. The summed E-state index contributed by atoms with van der Waals surface area (Å²) >= 11 is 0. The predicted molar refractivity (Wildman–Crippen MR) is 81.5 cm³/mol. The third-order valence-electron chi connectivity index (χ3n) is 5.38. The van der Waals surface area contributed by atoms with Crippen molar-refractivity contribution in [2.45, 2.75) is 24.8 Å². The Hall–Kier alpha value is -1.81. The van der Waals surface area contributed by atoms with Gasteiger partial charge in [0.05, 0.1) is 5.92 Å². The molecule has 0 radical (unpaired) electrons. The fourth-order valence-electron chi connectivity index (χ4n) is 4.40. The van der Waals surface area contributed by atoms with Crippen molar-refractivity contribution in [3.63, 3.8) is 0 Å². The number of likely N-dealkylation sites (N-methyl/N-ethyl adjacent to an activating group) is 1. The van der Waals surface area contributed by atoms with Gasteiger partial charge in [-0.15, -0.1) is 0 Å². The molecule has 1 fully saturated rings. The standard InChI is InChI=1S/C17H20N2O2/c1-18-8-10-7-15-13(6-11(17(20)21)9-19(15)2)12-4-3-5-14(18)16(10)12/h3-5,8,11,13,15H,6-7,9H2,1-2H3,(H,20,21)/t11?,13?,15-/m1/s1. The summed E-state index contributed by atoms with van der Waals surface area (Å²) in [6, 6.07) is 6.89. The van der Waals surface area contributed by atoms with Crippen LogP contribution in [0.3, 0.4) is 0 Å². The predicted octanol–water partition coefficient (Wildman–Crippen LogP) is 2.22. The zero-order valence-corrected chi connectivity index (χ0v) is 12.4. The largest absolute Gasteiger partial charge is 0.481 e. The van der Waals surface area contributed by atoms with Gasteiger partial charge in [0.1, 0.15) is 0 Å². The molecule has 1 aromatic carbocycles. The van der Waals surface area contributed by atoms with Gasteiger partial charge in [0.2, 0.25) is 0 Å². The van der Waals surface area contributed by atoms with Gasteiger partial charge in [-0.3, -0.25) is 4.79 Å². The molecule has 0 saturated carbocycles. The summed E-state index contributed by atoms with van der Waals surface area (Å²) in [6.45, 7) is 0.661. The summed E-state index contributed by atoms with van der Waals surface area (Å²) in [5.41, 5.74) is 4.02. The lowest BCUT2D eigenvalue weighted by Crippen LogP contribution is -2.49. The number of rotatable bonds is 1. The third-order valence-corrected chi connectivity index (χ3v) is 5.38. The average molecular weight is 284 g/mol. The minimum Gasteiger partial charge on any atom is -0.481 e. The van der Waals surface area contributed by atoms with E-state index in [9.17, 15) is 9.90 Å². The van der Waals surface area contributed by atoms with E-state index in [1.165, 1.54) is 22.0 Å². The Bertz CT molecular complexity index is 734. The molecule has 0 amide bonds. The van der Waals surface area contributed by atoms with Crippen molar-refractivity contribution >= 4 is 16.9 Å². The molecule has 4 heteroatoms. The number of aliphatic carboxylic acids is 1. The van der Waals surface area contributed by atoms with Gasteiger partial charge in [-0.2, -0.15) is 0 Å². The average Bonchev–Trinajstić information content (AvgIpc) is 2.78. The summed E-state index contributed by atoms with van der Waals surface area (Å²) in [6.07, 6.45) is 4.03. The number of hydrogen-bond acceptors (Lipinski definition) is 2. The first-order chi connectivity index (χ1) is 10.1. The van der Waals surface area contributed by atoms with E-state index in [1.807, 2.05) is 0 Å². The van der Waals surface area contributed by atoms with Crippen molar-refractivity contribution in [2.75, 3.05) is 13.6 Å². The van der Waals surface area contributed by atoms with Gasteiger partial charge < -0.3 is 14.6 Å². The van der Waals surface area contributed by atoms with E-state index in [2.05, 4.69) is 48.0 Å². The van der Waals surface area contributed by atoms with Crippen LogP contribution in [0.1, 0.15) is 23.5 Å². The van der Waals surface area contributed by atoms with E-state index in [1.54, 1.807) is 0 Å². The second-order valence-corrected chi connectivity index (χ2v) is 6.60. The van der Waals surface area contributed by atoms with Gasteiger partial charge in [0.15, 0.2) is 0 Å². The van der Waals surface area contributed by atoms with E-state index >= 15 is 0 Å². The number of piperidine rings is 1. The molecule has 2 heterocycles. The van der Waals surface area contributed by atoms with Crippen LogP contribution in [0.5, 0.6) is 0 Å². The van der Waals surface area contributed by atoms with Crippen LogP contribution < -0.4 is 0 Å². The quantitative estimate of drug-likeness (QED) is 0.873. The van der Waals surface area contributed by atoms with Gasteiger partial charge in [0.25, 0.3) is 0 Å². The maximum Gasteiger partial charge on any atom is 0.307 e. The van der Waals surface area contributed by atoms with Gasteiger partial charge in [-0.1, -0.05) is 12.1 Å². The number of aryl methyl sites for hydroxylation is 1. The maximum absolute atomic E-state index is 11.4. The smallest absolute Gasteiger partial charge is 0.307 e. The molecule has 4 rings (SSSR count). The van der Waals surface area contributed by atoms with E-state index in [0.717, 1.165) is 12.8 Å². The molecule has 2 aromatic rings. The lowest BCUT2D eigenvalue weighted by molar-refractivity contribution is -0.144. The molecule has 1 N–H and O–H groups in total. The number of hydrogen-bond donors (Lipinski definition) is 1. The Morgan fingerprint density at radius 3 is 2.90 bits per heavy atom. The first-order valence-electron chi connectivity index (χ1n) is 7.56. The lowest BCUT2D eigenvalue weighted by Gasteiger charge is -2.44. The van der Waals surface area contributed by atoms with Gasteiger partial charge >= 0.3 is 5.97 Å². The molecule has 3 atom stereocenters. The Morgan fingerprint density at radius 2 is 2.14 bits per heavy atom. The maximum atomic E-state index is 11.4. The van der Waals surface area contributed by atoms with Crippen LogP contribution in [0.4, 0.5) is 0 Å². The topological polar surface area (TPSA) is 45.5 Å². The highest BCUT2D eigenvalue weighted by molar-refractivity contribution is 5.89. The fourth-order valence-corrected chi connectivity index (χ4v) is 4.40. The molecule has 21 heavy (non-hydrogen) atoms. The number of fused-ring (bicyclic) bond motifs is 2. The Kier molecular flexibility index (Phi) is 2.67. The number of likely N-dealkylation sites (tertiary alicyclic amines) is 1. The lowest BCUT2D eigenvalue weighted by atomic mass is 9.72. The van der Waals surface area contributed by atoms with Crippen LogP contribution in [0.15, 0.2) is 24.4 Å². The Balaban J connectivity index is 1.87. The molecule has 1 saturated heterocycles. The Labute approximate surface area is 124 Å². The molecule has 1 aliphatic heterocycles. The van der Waals surface area contributed by atoms with Gasteiger partial charge in [0, 0.05) is 42.7 Å².